The van der Waals surface area contributed by atoms with Gasteiger partial charge < -0.3 is 10.6 Å². The number of nitrogens with two attached hydrogens (primary N) is 1. The number of aromatic nitrogens is 2. The zero-order valence-corrected chi connectivity index (χ0v) is 10.1. The predicted molar refractivity (Wildman–Crippen MR) is 68.3 cm³/mol. The fourth-order valence-electron chi connectivity index (χ4n) is 2.48. The SMILES string of the molecule is NCC1CCN(C(=O)c2cnn3ccccc23)C1. The highest BCUT2D eigenvalue weighted by atomic mass is 16.2. The van der Waals surface area contributed by atoms with E-state index in [1.807, 2.05) is 29.3 Å². The van der Waals surface area contributed by atoms with E-state index >= 15 is 0 Å². The van der Waals surface area contributed by atoms with E-state index in [2.05, 4.69) is 5.10 Å². The van der Waals surface area contributed by atoms with Crippen molar-refractivity contribution in [1.82, 2.24) is 14.5 Å². The molecule has 1 amide bonds. The van der Waals surface area contributed by atoms with Gasteiger partial charge in [-0.25, -0.2) is 4.52 Å². The Labute approximate surface area is 105 Å². The number of carbonyl (C=O) groups is 1. The molecule has 1 atom stereocenters. The number of fused-ring (bicyclic) bond motifs is 1. The Balaban J connectivity index is 1.89. The van der Waals surface area contributed by atoms with Gasteiger partial charge in [0.2, 0.25) is 0 Å². The van der Waals surface area contributed by atoms with Gasteiger partial charge in [-0.15, -0.1) is 0 Å². The Morgan fingerprint density at radius 1 is 1.50 bits per heavy atom. The molecule has 0 radical (unpaired) electrons. The summed E-state index contributed by atoms with van der Waals surface area (Å²) in [5.74, 6) is 0.503. The van der Waals surface area contributed by atoms with Gasteiger partial charge in [0.25, 0.3) is 5.91 Å². The van der Waals surface area contributed by atoms with Gasteiger partial charge in [0.05, 0.1) is 17.3 Å². The molecule has 3 rings (SSSR count). The van der Waals surface area contributed by atoms with E-state index in [4.69, 9.17) is 5.73 Å². The maximum Gasteiger partial charge on any atom is 0.257 e. The van der Waals surface area contributed by atoms with Gasteiger partial charge in [0.1, 0.15) is 0 Å². The van der Waals surface area contributed by atoms with Gasteiger partial charge in [0, 0.05) is 19.3 Å². The van der Waals surface area contributed by atoms with E-state index in [9.17, 15) is 4.79 Å². The highest BCUT2D eigenvalue weighted by molar-refractivity contribution is 6.00. The number of likely N-dealkylation sites (tertiary alicyclic amines) is 1. The quantitative estimate of drug-likeness (QED) is 0.848. The number of pyridine rings is 1. The van der Waals surface area contributed by atoms with Gasteiger partial charge >= 0.3 is 0 Å². The lowest BCUT2D eigenvalue weighted by molar-refractivity contribution is 0.0789. The van der Waals surface area contributed by atoms with Crippen molar-refractivity contribution in [2.75, 3.05) is 19.6 Å². The van der Waals surface area contributed by atoms with Crippen LogP contribution < -0.4 is 5.73 Å². The van der Waals surface area contributed by atoms with E-state index in [0.29, 0.717) is 18.0 Å². The van der Waals surface area contributed by atoms with Gasteiger partial charge in [-0.2, -0.15) is 5.10 Å². The summed E-state index contributed by atoms with van der Waals surface area (Å²) in [5.41, 5.74) is 7.19. The smallest absolute Gasteiger partial charge is 0.257 e. The predicted octanol–water partition coefficient (Wildman–Crippen LogP) is 0.755. The summed E-state index contributed by atoms with van der Waals surface area (Å²) in [6.07, 6.45) is 4.49. The molecule has 0 aliphatic carbocycles. The Morgan fingerprint density at radius 2 is 2.39 bits per heavy atom. The monoisotopic (exact) mass is 244 g/mol. The molecule has 0 spiro atoms. The van der Waals surface area contributed by atoms with Crippen LogP contribution in [0, 0.1) is 5.92 Å². The minimum Gasteiger partial charge on any atom is -0.338 e. The molecule has 1 unspecified atom stereocenters. The third-order valence-electron chi connectivity index (χ3n) is 3.56. The first-order chi connectivity index (χ1) is 8.79. The first kappa shape index (κ1) is 11.2. The molecule has 1 saturated heterocycles. The van der Waals surface area contributed by atoms with E-state index in [0.717, 1.165) is 25.0 Å². The Hall–Kier alpha value is -1.88. The summed E-state index contributed by atoms with van der Waals surface area (Å²) in [5, 5.41) is 4.19. The molecular formula is C13H16N4O. The van der Waals surface area contributed by atoms with Crippen molar-refractivity contribution in [3.05, 3.63) is 36.2 Å². The minimum atomic E-state index is 0.0622. The molecule has 2 aromatic heterocycles. The van der Waals surface area contributed by atoms with E-state index < -0.39 is 0 Å². The van der Waals surface area contributed by atoms with Crippen molar-refractivity contribution in [1.29, 1.82) is 0 Å². The summed E-state index contributed by atoms with van der Waals surface area (Å²) in [7, 11) is 0. The number of carbonyl (C=O) groups excluding carboxylic acids is 1. The van der Waals surface area contributed by atoms with Crippen LogP contribution in [0.1, 0.15) is 16.8 Å². The van der Waals surface area contributed by atoms with Gasteiger partial charge in [-0.05, 0) is 31.0 Å². The number of hydrogen-bond donors (Lipinski definition) is 1. The molecule has 3 heterocycles. The molecule has 2 N–H and O–H groups in total. The molecule has 1 aliphatic rings. The number of hydrogen-bond acceptors (Lipinski definition) is 3. The van der Waals surface area contributed by atoms with Crippen LogP contribution in [-0.4, -0.2) is 40.1 Å². The van der Waals surface area contributed by atoms with Crippen molar-refractivity contribution >= 4 is 11.4 Å². The fraction of sp³-hybridized carbons (Fsp3) is 0.385. The Kier molecular flexibility index (Phi) is 2.76. The fourth-order valence-corrected chi connectivity index (χ4v) is 2.48. The number of amides is 1. The van der Waals surface area contributed by atoms with Crippen molar-refractivity contribution < 1.29 is 4.79 Å². The van der Waals surface area contributed by atoms with E-state index in [-0.39, 0.29) is 5.91 Å². The summed E-state index contributed by atoms with van der Waals surface area (Å²) < 4.78 is 1.73. The lowest BCUT2D eigenvalue weighted by atomic mass is 10.1. The van der Waals surface area contributed by atoms with Crippen LogP contribution >= 0.6 is 0 Å². The van der Waals surface area contributed by atoms with Crippen LogP contribution in [0.4, 0.5) is 0 Å². The van der Waals surface area contributed by atoms with Crippen LogP contribution in [0.5, 0.6) is 0 Å². The first-order valence-electron chi connectivity index (χ1n) is 6.21. The van der Waals surface area contributed by atoms with Gasteiger partial charge in [-0.3, -0.25) is 4.79 Å². The van der Waals surface area contributed by atoms with Crippen molar-refractivity contribution in [2.24, 2.45) is 11.7 Å². The molecule has 0 saturated carbocycles. The molecule has 2 aromatic rings. The molecule has 1 aliphatic heterocycles. The first-order valence-corrected chi connectivity index (χ1v) is 6.21. The standard InChI is InChI=1S/C13H16N4O/c14-7-10-4-6-16(9-10)13(18)11-8-15-17-5-2-1-3-12(11)17/h1-3,5,8,10H,4,6-7,9,14H2. The average Bonchev–Trinajstić information content (AvgIpc) is 3.04. The summed E-state index contributed by atoms with van der Waals surface area (Å²) in [6, 6.07) is 5.73. The topological polar surface area (TPSA) is 63.6 Å². The largest absolute Gasteiger partial charge is 0.338 e. The van der Waals surface area contributed by atoms with Crippen molar-refractivity contribution in [3.8, 4) is 0 Å². The second kappa shape index (κ2) is 4.42. The minimum absolute atomic E-state index is 0.0622. The molecular weight excluding hydrogens is 228 g/mol. The lowest BCUT2D eigenvalue weighted by Crippen LogP contribution is -2.29. The van der Waals surface area contributed by atoms with E-state index in [1.165, 1.54) is 0 Å². The molecule has 5 nitrogen and oxygen atoms in total. The number of rotatable bonds is 2. The van der Waals surface area contributed by atoms with Crippen LogP contribution in [0.2, 0.25) is 0 Å². The third-order valence-corrected chi connectivity index (χ3v) is 3.56. The Bertz CT molecular complexity index is 577. The third kappa shape index (κ3) is 1.76. The van der Waals surface area contributed by atoms with Gasteiger partial charge in [-0.1, -0.05) is 6.07 Å². The maximum absolute atomic E-state index is 12.4. The normalized spacial score (nSPS) is 19.6. The molecule has 5 heteroatoms. The van der Waals surface area contributed by atoms with Crippen LogP contribution in [0.3, 0.4) is 0 Å². The zero-order valence-electron chi connectivity index (χ0n) is 10.1. The van der Waals surface area contributed by atoms with Crippen LogP contribution in [0.25, 0.3) is 5.52 Å². The average molecular weight is 244 g/mol. The maximum atomic E-state index is 12.4. The van der Waals surface area contributed by atoms with Crippen LogP contribution in [0.15, 0.2) is 30.6 Å². The second-order valence-electron chi connectivity index (χ2n) is 4.73. The second-order valence-corrected chi connectivity index (χ2v) is 4.73. The molecule has 18 heavy (non-hydrogen) atoms. The summed E-state index contributed by atoms with van der Waals surface area (Å²) >= 11 is 0. The molecule has 1 fully saturated rings. The lowest BCUT2D eigenvalue weighted by Gasteiger charge is -2.15. The Morgan fingerprint density at radius 3 is 3.17 bits per heavy atom. The number of nitrogens with zero attached hydrogens (tertiary/aromatic N) is 3. The molecule has 0 aromatic carbocycles. The molecule has 94 valence electrons. The van der Waals surface area contributed by atoms with Crippen LogP contribution in [-0.2, 0) is 0 Å². The summed E-state index contributed by atoms with van der Waals surface area (Å²) in [6.45, 7) is 2.21. The van der Waals surface area contributed by atoms with Crippen molar-refractivity contribution in [3.63, 3.8) is 0 Å². The van der Waals surface area contributed by atoms with Crippen molar-refractivity contribution in [2.45, 2.75) is 6.42 Å². The molecule has 0 bridgehead atoms. The highest BCUT2D eigenvalue weighted by Crippen LogP contribution is 2.19. The highest BCUT2D eigenvalue weighted by Gasteiger charge is 2.27. The summed E-state index contributed by atoms with van der Waals surface area (Å²) in [4.78, 5) is 14.3. The van der Waals surface area contributed by atoms with Gasteiger partial charge in [0.15, 0.2) is 0 Å². The van der Waals surface area contributed by atoms with E-state index in [1.54, 1.807) is 10.7 Å². The zero-order chi connectivity index (χ0) is 12.5.